The molecule has 0 saturated carbocycles. The molecule has 2 aliphatic rings. The molecule has 2 aliphatic heterocycles. The minimum Gasteiger partial charge on any atom is -0.371 e. The van der Waals surface area contributed by atoms with Gasteiger partial charge in [0.15, 0.2) is 0 Å². The maximum absolute atomic E-state index is 14.0. The van der Waals surface area contributed by atoms with Crippen molar-refractivity contribution in [1.29, 1.82) is 0 Å². The van der Waals surface area contributed by atoms with E-state index in [1.54, 1.807) is 6.07 Å². The Labute approximate surface area is 109 Å². The van der Waals surface area contributed by atoms with Crippen LogP contribution in [0.5, 0.6) is 0 Å². The van der Waals surface area contributed by atoms with Crippen LogP contribution in [0.1, 0.15) is 30.1 Å². The quantitative estimate of drug-likeness (QED) is 0.861. The van der Waals surface area contributed by atoms with Crippen molar-refractivity contribution in [3.63, 3.8) is 0 Å². The Morgan fingerprint density at radius 3 is 3.06 bits per heavy atom. The van der Waals surface area contributed by atoms with Gasteiger partial charge in [0.05, 0.1) is 6.61 Å². The average Bonchev–Trinajstić information content (AvgIpc) is 2.87. The highest BCUT2D eigenvalue weighted by Crippen LogP contribution is 2.37. The molecule has 3 rings (SSSR count). The molecule has 4 heteroatoms. The van der Waals surface area contributed by atoms with Crippen molar-refractivity contribution in [2.75, 3.05) is 13.2 Å². The van der Waals surface area contributed by atoms with E-state index in [9.17, 15) is 4.39 Å². The second kappa shape index (κ2) is 4.67. The van der Waals surface area contributed by atoms with Crippen LogP contribution in [0.4, 0.5) is 4.39 Å². The molecule has 1 N–H and O–H groups in total. The first kappa shape index (κ1) is 11.6. The van der Waals surface area contributed by atoms with E-state index in [-0.39, 0.29) is 18.0 Å². The summed E-state index contributed by atoms with van der Waals surface area (Å²) in [6.07, 6.45) is 2.88. The topological polar surface area (TPSA) is 21.3 Å². The summed E-state index contributed by atoms with van der Waals surface area (Å²) in [5, 5.41) is 3.41. The fourth-order valence-electron chi connectivity index (χ4n) is 2.83. The third-order valence-electron chi connectivity index (χ3n) is 3.64. The predicted octanol–water partition coefficient (Wildman–Crippen LogP) is 2.95. The van der Waals surface area contributed by atoms with Gasteiger partial charge >= 0.3 is 0 Å². The summed E-state index contributed by atoms with van der Waals surface area (Å²) in [4.78, 5) is 0. The predicted molar refractivity (Wildman–Crippen MR) is 67.5 cm³/mol. The van der Waals surface area contributed by atoms with Crippen molar-refractivity contribution in [3.05, 3.63) is 33.5 Å². The highest BCUT2D eigenvalue weighted by molar-refractivity contribution is 9.10. The molecular formula is C13H15BrFNO. The molecule has 92 valence electrons. The Morgan fingerprint density at radius 2 is 2.29 bits per heavy atom. The molecule has 17 heavy (non-hydrogen) atoms. The Morgan fingerprint density at radius 1 is 1.41 bits per heavy atom. The van der Waals surface area contributed by atoms with Gasteiger partial charge in [-0.1, -0.05) is 15.9 Å². The molecule has 1 saturated heterocycles. The molecule has 1 fully saturated rings. The summed E-state index contributed by atoms with van der Waals surface area (Å²) in [5.41, 5.74) is 1.83. The molecule has 0 bridgehead atoms. The zero-order valence-corrected chi connectivity index (χ0v) is 11.1. The van der Waals surface area contributed by atoms with Gasteiger partial charge in [0.1, 0.15) is 11.9 Å². The van der Waals surface area contributed by atoms with Crippen molar-refractivity contribution < 1.29 is 9.13 Å². The van der Waals surface area contributed by atoms with Gasteiger partial charge in [-0.3, -0.25) is 0 Å². The number of ether oxygens (including phenoxy) is 1. The van der Waals surface area contributed by atoms with Gasteiger partial charge in [0.2, 0.25) is 0 Å². The minimum atomic E-state index is -0.137. The number of hydrogen-bond donors (Lipinski definition) is 1. The van der Waals surface area contributed by atoms with Gasteiger partial charge in [-0.15, -0.1) is 0 Å². The lowest BCUT2D eigenvalue weighted by Crippen LogP contribution is -2.34. The van der Waals surface area contributed by atoms with Crippen molar-refractivity contribution in [2.45, 2.75) is 31.4 Å². The highest BCUT2D eigenvalue weighted by Gasteiger charge is 2.33. The average molecular weight is 300 g/mol. The fourth-order valence-corrected chi connectivity index (χ4v) is 3.37. The smallest absolute Gasteiger partial charge is 0.129 e. The molecular weight excluding hydrogens is 285 g/mol. The van der Waals surface area contributed by atoms with Crippen LogP contribution in [0.25, 0.3) is 0 Å². The summed E-state index contributed by atoms with van der Waals surface area (Å²) in [7, 11) is 0. The van der Waals surface area contributed by atoms with E-state index in [2.05, 4.69) is 21.2 Å². The first-order valence-electron chi connectivity index (χ1n) is 6.09. The van der Waals surface area contributed by atoms with E-state index in [0.29, 0.717) is 6.61 Å². The molecule has 2 atom stereocenters. The zero-order chi connectivity index (χ0) is 11.8. The lowest BCUT2D eigenvalue weighted by atomic mass is 9.92. The van der Waals surface area contributed by atoms with Crippen LogP contribution >= 0.6 is 15.9 Å². The van der Waals surface area contributed by atoms with Crippen molar-refractivity contribution in [3.8, 4) is 0 Å². The molecule has 0 radical (unpaired) electrons. The van der Waals surface area contributed by atoms with Crippen LogP contribution in [-0.2, 0) is 11.2 Å². The Kier molecular flexibility index (Phi) is 3.19. The van der Waals surface area contributed by atoms with Crippen LogP contribution in [0, 0.1) is 5.82 Å². The van der Waals surface area contributed by atoms with Crippen molar-refractivity contribution in [1.82, 2.24) is 5.32 Å². The Balaban J connectivity index is 2.03. The lowest BCUT2D eigenvalue weighted by Gasteiger charge is -2.31. The van der Waals surface area contributed by atoms with Crippen LogP contribution in [0.15, 0.2) is 16.6 Å². The number of hydrogen-bond acceptors (Lipinski definition) is 2. The molecule has 0 aliphatic carbocycles. The highest BCUT2D eigenvalue weighted by atomic mass is 79.9. The van der Waals surface area contributed by atoms with E-state index in [0.717, 1.165) is 41.4 Å². The maximum Gasteiger partial charge on any atom is 0.129 e. The summed E-state index contributed by atoms with van der Waals surface area (Å²) >= 11 is 3.51. The van der Waals surface area contributed by atoms with Gasteiger partial charge in [-0.2, -0.15) is 0 Å². The monoisotopic (exact) mass is 299 g/mol. The van der Waals surface area contributed by atoms with Gasteiger partial charge in [-0.05, 0) is 43.5 Å². The third kappa shape index (κ3) is 2.02. The number of fused-ring (bicyclic) bond motifs is 1. The van der Waals surface area contributed by atoms with E-state index >= 15 is 0 Å². The number of rotatable bonds is 1. The standard InChI is InChI=1S/C13H15BrFNO/c14-9-3-4-10(15)12-8(9)5-7-17-13(12)11-2-1-6-16-11/h3-4,11,13,16H,1-2,5-7H2. The van der Waals surface area contributed by atoms with E-state index in [1.165, 1.54) is 6.07 Å². The molecule has 0 spiro atoms. The van der Waals surface area contributed by atoms with Crippen molar-refractivity contribution in [2.24, 2.45) is 0 Å². The lowest BCUT2D eigenvalue weighted by molar-refractivity contribution is 0.0170. The molecule has 2 unspecified atom stereocenters. The summed E-state index contributed by atoms with van der Waals surface area (Å²) in [6.45, 7) is 1.69. The molecule has 2 nitrogen and oxygen atoms in total. The largest absolute Gasteiger partial charge is 0.371 e. The van der Waals surface area contributed by atoms with Gasteiger partial charge in [0, 0.05) is 16.1 Å². The summed E-state index contributed by atoms with van der Waals surface area (Å²) in [6, 6.07) is 3.58. The summed E-state index contributed by atoms with van der Waals surface area (Å²) < 4.78 is 20.8. The van der Waals surface area contributed by atoms with E-state index in [1.807, 2.05) is 0 Å². The van der Waals surface area contributed by atoms with E-state index < -0.39 is 0 Å². The minimum absolute atomic E-state index is 0.126. The molecule has 2 heterocycles. The molecule has 0 amide bonds. The molecule has 0 aromatic heterocycles. The molecule has 1 aromatic carbocycles. The second-order valence-electron chi connectivity index (χ2n) is 4.67. The second-order valence-corrected chi connectivity index (χ2v) is 5.52. The zero-order valence-electron chi connectivity index (χ0n) is 9.51. The first-order chi connectivity index (χ1) is 8.27. The number of nitrogens with one attached hydrogen (secondary N) is 1. The Bertz CT molecular complexity index is 432. The van der Waals surface area contributed by atoms with Crippen LogP contribution in [-0.4, -0.2) is 19.2 Å². The van der Waals surface area contributed by atoms with Crippen LogP contribution in [0.2, 0.25) is 0 Å². The first-order valence-corrected chi connectivity index (χ1v) is 6.88. The normalized spacial score (nSPS) is 28.1. The van der Waals surface area contributed by atoms with Gasteiger partial charge in [0.25, 0.3) is 0 Å². The van der Waals surface area contributed by atoms with Crippen LogP contribution < -0.4 is 5.32 Å². The maximum atomic E-state index is 14.0. The fraction of sp³-hybridized carbons (Fsp3) is 0.538. The summed E-state index contributed by atoms with van der Waals surface area (Å²) in [5.74, 6) is -0.137. The van der Waals surface area contributed by atoms with Gasteiger partial charge in [-0.25, -0.2) is 4.39 Å². The number of halogens is 2. The van der Waals surface area contributed by atoms with Crippen LogP contribution in [0.3, 0.4) is 0 Å². The van der Waals surface area contributed by atoms with Crippen molar-refractivity contribution >= 4 is 15.9 Å². The van der Waals surface area contributed by atoms with Gasteiger partial charge < -0.3 is 10.1 Å². The Hall–Kier alpha value is -0.450. The van der Waals surface area contributed by atoms with E-state index in [4.69, 9.17) is 4.74 Å². The SMILES string of the molecule is Fc1ccc(Br)c2c1C(C1CCCN1)OCC2. The third-order valence-corrected chi connectivity index (χ3v) is 4.39. The number of benzene rings is 1. The molecule has 1 aromatic rings.